The first-order valence-corrected chi connectivity index (χ1v) is 6.19. The summed E-state index contributed by atoms with van der Waals surface area (Å²) >= 11 is 1.39. The van der Waals surface area contributed by atoms with Crippen LogP contribution in [0.1, 0.15) is 25.1 Å². The first kappa shape index (κ1) is 11.3. The molecule has 0 spiro atoms. The van der Waals surface area contributed by atoms with Gasteiger partial charge in [0.2, 0.25) is 5.13 Å². The van der Waals surface area contributed by atoms with Crippen molar-refractivity contribution in [2.75, 3.05) is 18.0 Å². The van der Waals surface area contributed by atoms with Crippen molar-refractivity contribution in [3.05, 3.63) is 5.82 Å². The lowest BCUT2D eigenvalue weighted by molar-refractivity contribution is -0.138. The zero-order valence-electron chi connectivity index (χ0n) is 9.22. The summed E-state index contributed by atoms with van der Waals surface area (Å²) in [7, 11) is 0. The Kier molecular flexibility index (Phi) is 3.38. The number of aliphatic carboxylic acids is 1. The maximum Gasteiger partial charge on any atom is 0.303 e. The number of piperidine rings is 1. The van der Waals surface area contributed by atoms with Gasteiger partial charge in [-0.05, 0) is 25.7 Å². The summed E-state index contributed by atoms with van der Waals surface area (Å²) < 4.78 is 4.15. The molecule has 1 atom stereocenters. The number of carbonyl (C=O) groups is 1. The maximum atomic E-state index is 10.7. The van der Waals surface area contributed by atoms with Gasteiger partial charge in [0.1, 0.15) is 5.82 Å². The molecule has 5 nitrogen and oxygen atoms in total. The van der Waals surface area contributed by atoms with E-state index in [0.717, 1.165) is 36.9 Å². The zero-order chi connectivity index (χ0) is 11.5. The van der Waals surface area contributed by atoms with Crippen molar-refractivity contribution in [1.29, 1.82) is 0 Å². The second-order valence-corrected chi connectivity index (χ2v) is 4.91. The summed E-state index contributed by atoms with van der Waals surface area (Å²) in [6.45, 7) is 3.63. The molecule has 1 aromatic heterocycles. The van der Waals surface area contributed by atoms with Crippen LogP contribution in [0, 0.1) is 12.8 Å². The fourth-order valence-corrected chi connectivity index (χ4v) is 2.78. The molecule has 0 amide bonds. The number of rotatable bonds is 3. The highest BCUT2D eigenvalue weighted by molar-refractivity contribution is 7.09. The van der Waals surface area contributed by atoms with Gasteiger partial charge in [-0.25, -0.2) is 4.98 Å². The normalized spacial score (nSPS) is 21.1. The Bertz CT molecular complexity index is 380. The highest BCUT2D eigenvalue weighted by Crippen LogP contribution is 2.25. The third kappa shape index (κ3) is 2.69. The number of aryl methyl sites for hydroxylation is 1. The standard InChI is InChI=1S/C10H15N3O2S/c1-7-11-10(16-12-7)13-4-2-3-8(6-13)5-9(14)15/h8H,2-6H2,1H3,(H,14,15). The Hall–Kier alpha value is -1.17. The van der Waals surface area contributed by atoms with Crippen molar-refractivity contribution in [3.8, 4) is 0 Å². The Balaban J connectivity index is 1.99. The molecule has 1 aromatic rings. The summed E-state index contributed by atoms with van der Waals surface area (Å²) in [4.78, 5) is 17.2. The van der Waals surface area contributed by atoms with Crippen LogP contribution in [0.3, 0.4) is 0 Å². The summed E-state index contributed by atoms with van der Waals surface area (Å²) in [5.74, 6) is 0.330. The number of aromatic nitrogens is 2. The number of hydrogen-bond donors (Lipinski definition) is 1. The molecule has 0 saturated carbocycles. The van der Waals surface area contributed by atoms with Crippen molar-refractivity contribution >= 4 is 22.6 Å². The lowest BCUT2D eigenvalue weighted by atomic mass is 9.95. The van der Waals surface area contributed by atoms with Crippen LogP contribution in [0.5, 0.6) is 0 Å². The molecule has 1 unspecified atom stereocenters. The highest BCUT2D eigenvalue weighted by atomic mass is 32.1. The average molecular weight is 241 g/mol. The Morgan fingerprint density at radius 1 is 1.69 bits per heavy atom. The van der Waals surface area contributed by atoms with Crippen LogP contribution >= 0.6 is 11.5 Å². The smallest absolute Gasteiger partial charge is 0.303 e. The van der Waals surface area contributed by atoms with E-state index in [9.17, 15) is 4.79 Å². The lowest BCUT2D eigenvalue weighted by Gasteiger charge is -2.31. The lowest BCUT2D eigenvalue weighted by Crippen LogP contribution is -2.36. The maximum absolute atomic E-state index is 10.7. The Morgan fingerprint density at radius 2 is 2.50 bits per heavy atom. The fraction of sp³-hybridized carbons (Fsp3) is 0.700. The number of carboxylic acids is 1. The molecule has 88 valence electrons. The first-order valence-electron chi connectivity index (χ1n) is 5.42. The van der Waals surface area contributed by atoms with Crippen molar-refractivity contribution in [2.24, 2.45) is 5.92 Å². The molecule has 2 rings (SSSR count). The molecule has 1 fully saturated rings. The predicted octanol–water partition coefficient (Wildman–Crippen LogP) is 1.54. The van der Waals surface area contributed by atoms with Gasteiger partial charge in [-0.1, -0.05) is 0 Å². The van der Waals surface area contributed by atoms with Crippen LogP contribution in [-0.2, 0) is 4.79 Å². The van der Waals surface area contributed by atoms with Gasteiger partial charge < -0.3 is 10.0 Å². The topological polar surface area (TPSA) is 66.3 Å². The summed E-state index contributed by atoms with van der Waals surface area (Å²) in [6.07, 6.45) is 2.30. The van der Waals surface area contributed by atoms with E-state index in [1.54, 1.807) is 0 Å². The van der Waals surface area contributed by atoms with Crippen molar-refractivity contribution in [2.45, 2.75) is 26.2 Å². The fourth-order valence-electron chi connectivity index (χ4n) is 2.07. The van der Waals surface area contributed by atoms with Gasteiger partial charge in [0.25, 0.3) is 0 Å². The molecule has 1 saturated heterocycles. The second kappa shape index (κ2) is 4.78. The van der Waals surface area contributed by atoms with Gasteiger partial charge in [-0.3, -0.25) is 4.79 Å². The highest BCUT2D eigenvalue weighted by Gasteiger charge is 2.23. The van der Waals surface area contributed by atoms with Crippen LogP contribution in [-0.4, -0.2) is 33.5 Å². The number of hydrogen-bond acceptors (Lipinski definition) is 5. The average Bonchev–Trinajstić information content (AvgIpc) is 2.64. The minimum atomic E-state index is -0.708. The molecular weight excluding hydrogens is 226 g/mol. The van der Waals surface area contributed by atoms with Gasteiger partial charge in [0, 0.05) is 31.0 Å². The molecule has 0 bridgehead atoms. The zero-order valence-corrected chi connectivity index (χ0v) is 10.0. The largest absolute Gasteiger partial charge is 0.481 e. The molecule has 0 aliphatic carbocycles. The molecular formula is C10H15N3O2S. The SMILES string of the molecule is Cc1nsc(N2CCCC(CC(=O)O)C2)n1. The van der Waals surface area contributed by atoms with E-state index in [1.165, 1.54) is 11.5 Å². The molecule has 0 aromatic carbocycles. The third-order valence-corrected chi connectivity index (χ3v) is 3.64. The predicted molar refractivity (Wildman–Crippen MR) is 61.8 cm³/mol. The summed E-state index contributed by atoms with van der Waals surface area (Å²) in [6, 6.07) is 0. The molecule has 6 heteroatoms. The van der Waals surface area contributed by atoms with E-state index in [1.807, 2.05) is 6.92 Å². The van der Waals surface area contributed by atoms with Crippen molar-refractivity contribution in [1.82, 2.24) is 9.36 Å². The number of carboxylic acid groups (broad SMARTS) is 1. The Labute approximate surface area is 98.3 Å². The third-order valence-electron chi connectivity index (χ3n) is 2.77. The van der Waals surface area contributed by atoms with Gasteiger partial charge >= 0.3 is 5.97 Å². The van der Waals surface area contributed by atoms with Crippen molar-refractivity contribution in [3.63, 3.8) is 0 Å². The van der Waals surface area contributed by atoms with E-state index in [-0.39, 0.29) is 12.3 Å². The Morgan fingerprint density at radius 3 is 3.12 bits per heavy atom. The second-order valence-electron chi connectivity index (χ2n) is 4.18. The van der Waals surface area contributed by atoms with Gasteiger partial charge in [-0.2, -0.15) is 4.37 Å². The minimum absolute atomic E-state index is 0.246. The molecule has 1 N–H and O–H groups in total. The van der Waals surface area contributed by atoms with Crippen LogP contribution < -0.4 is 4.90 Å². The van der Waals surface area contributed by atoms with E-state index in [2.05, 4.69) is 14.3 Å². The van der Waals surface area contributed by atoms with Crippen LogP contribution in [0.2, 0.25) is 0 Å². The van der Waals surface area contributed by atoms with Gasteiger partial charge in [0.05, 0.1) is 0 Å². The number of nitrogens with zero attached hydrogens (tertiary/aromatic N) is 3. The van der Waals surface area contributed by atoms with E-state index < -0.39 is 5.97 Å². The van der Waals surface area contributed by atoms with Crippen molar-refractivity contribution < 1.29 is 9.90 Å². The van der Waals surface area contributed by atoms with Crippen LogP contribution in [0.25, 0.3) is 0 Å². The first-order chi connectivity index (χ1) is 7.65. The summed E-state index contributed by atoms with van der Waals surface area (Å²) in [5, 5.41) is 9.71. The van der Waals surface area contributed by atoms with Crippen LogP contribution in [0.4, 0.5) is 5.13 Å². The van der Waals surface area contributed by atoms with E-state index in [0.29, 0.717) is 0 Å². The van der Waals surface area contributed by atoms with E-state index in [4.69, 9.17) is 5.11 Å². The van der Waals surface area contributed by atoms with Crippen LogP contribution in [0.15, 0.2) is 0 Å². The van der Waals surface area contributed by atoms with Gasteiger partial charge in [-0.15, -0.1) is 0 Å². The molecule has 2 heterocycles. The molecule has 16 heavy (non-hydrogen) atoms. The van der Waals surface area contributed by atoms with Gasteiger partial charge in [0.15, 0.2) is 0 Å². The molecule has 1 aliphatic heterocycles. The van der Waals surface area contributed by atoms with E-state index >= 15 is 0 Å². The summed E-state index contributed by atoms with van der Waals surface area (Å²) in [5.41, 5.74) is 0. The molecule has 1 aliphatic rings. The minimum Gasteiger partial charge on any atom is -0.481 e. The number of anilines is 1. The monoisotopic (exact) mass is 241 g/mol. The quantitative estimate of drug-likeness (QED) is 0.869. The molecule has 0 radical (unpaired) electrons.